The molecule has 6 atom stereocenters. The molecule has 0 aromatic rings. The third-order valence-corrected chi connectivity index (χ3v) is 21.8. The van der Waals surface area contributed by atoms with E-state index in [2.05, 4.69) is 34.6 Å². The first-order valence-corrected chi connectivity index (χ1v) is 46.2. The molecular weight excluding hydrogens is 1330 g/mol. The van der Waals surface area contributed by atoms with Gasteiger partial charge in [-0.15, -0.1) is 0 Å². The average Bonchev–Trinajstić information content (AvgIpc) is 0.914. The molecule has 3 N–H and O–H groups in total. The number of aliphatic hydroxyl groups is 1. The summed E-state index contributed by atoms with van der Waals surface area (Å²) in [4.78, 5) is 72.9. The lowest BCUT2D eigenvalue weighted by Gasteiger charge is -2.21. The molecule has 102 heavy (non-hydrogen) atoms. The number of carbonyl (C=O) groups excluding carboxylic acids is 4. The van der Waals surface area contributed by atoms with Crippen LogP contribution in [0.5, 0.6) is 0 Å². The predicted octanol–water partition coefficient (Wildman–Crippen LogP) is 25.2. The van der Waals surface area contributed by atoms with Crippen molar-refractivity contribution in [2.24, 2.45) is 5.92 Å². The Morgan fingerprint density at radius 3 is 0.696 bits per heavy atom. The first kappa shape index (κ1) is 100. The number of aliphatic hydroxyl groups excluding tert-OH is 1. The molecular formula is C83H162O17P2. The van der Waals surface area contributed by atoms with Gasteiger partial charge in [0.15, 0.2) is 12.2 Å². The van der Waals surface area contributed by atoms with Gasteiger partial charge in [0.05, 0.1) is 26.4 Å². The monoisotopic (exact) mass is 1490 g/mol. The van der Waals surface area contributed by atoms with Crippen molar-refractivity contribution in [3.63, 3.8) is 0 Å². The highest BCUT2D eigenvalue weighted by atomic mass is 31.2. The van der Waals surface area contributed by atoms with Crippen LogP contribution >= 0.6 is 15.6 Å². The van der Waals surface area contributed by atoms with Crippen LogP contribution in [0.3, 0.4) is 0 Å². The Kier molecular flexibility index (Phi) is 74.4. The lowest BCUT2D eigenvalue weighted by molar-refractivity contribution is -0.161. The van der Waals surface area contributed by atoms with Crippen LogP contribution in [0.1, 0.15) is 446 Å². The second-order valence-corrected chi connectivity index (χ2v) is 33.0. The van der Waals surface area contributed by atoms with Gasteiger partial charge in [0, 0.05) is 25.7 Å². The van der Waals surface area contributed by atoms with Gasteiger partial charge in [0.25, 0.3) is 0 Å². The minimum atomic E-state index is -4.96. The van der Waals surface area contributed by atoms with Crippen LogP contribution in [-0.2, 0) is 65.4 Å². The third kappa shape index (κ3) is 74.9. The van der Waals surface area contributed by atoms with Crippen LogP contribution < -0.4 is 0 Å². The second kappa shape index (κ2) is 75.9. The molecule has 0 rings (SSSR count). The van der Waals surface area contributed by atoms with Gasteiger partial charge in [-0.1, -0.05) is 394 Å². The van der Waals surface area contributed by atoms with Crippen LogP contribution in [0.4, 0.5) is 0 Å². The number of ether oxygens (including phenoxy) is 4. The molecule has 0 saturated heterocycles. The smallest absolute Gasteiger partial charge is 0.462 e. The SMILES string of the molecule is CCCCCCCCCCCCCCCCCCCCCCC(=O)OC[C@H](COP(=O)(O)OC[C@@H](O)COP(=O)(O)OC[C@@H](COC(=O)CCCCCCCCC)OC(=O)CCCCCCCCCCCCCCC)OC(=O)CCCCCCCCCCCCCCCCCCCCC(C)CC. The summed E-state index contributed by atoms with van der Waals surface area (Å²) in [6, 6.07) is 0. The molecule has 3 unspecified atom stereocenters. The standard InChI is InChI=1S/C83H162O17P2/c1-6-10-13-16-19-21-23-25-26-27-28-29-33-36-40-43-47-52-57-62-67-81(86)94-73-79(100-83(88)69-64-59-54-49-45-41-37-34-31-30-32-35-39-42-46-51-55-60-65-76(5)9-4)75-98-102(91,92)96-71-77(84)70-95-101(89,90)97-74-78(72-93-80(85)66-61-56-50-18-15-12-8-3)99-82(87)68-63-58-53-48-44-38-24-22-20-17-14-11-7-2/h76-79,84H,6-75H2,1-5H3,(H,89,90)(H,91,92)/t76?,77-,78+,79+/m0/s1. The topological polar surface area (TPSA) is 237 Å². The molecule has 0 heterocycles. The highest BCUT2D eigenvalue weighted by Gasteiger charge is 2.30. The molecule has 0 radical (unpaired) electrons. The quantitative estimate of drug-likeness (QED) is 0.0222. The largest absolute Gasteiger partial charge is 0.472 e. The number of phosphoric acid groups is 2. The van der Waals surface area contributed by atoms with Crippen molar-refractivity contribution in [2.45, 2.75) is 464 Å². The Morgan fingerprint density at radius 2 is 0.471 bits per heavy atom. The van der Waals surface area contributed by atoms with E-state index in [1.54, 1.807) is 0 Å². The summed E-state index contributed by atoms with van der Waals surface area (Å²) in [5.41, 5.74) is 0. The van der Waals surface area contributed by atoms with Gasteiger partial charge in [-0.3, -0.25) is 37.3 Å². The average molecular weight is 1490 g/mol. The molecule has 0 fully saturated rings. The summed E-state index contributed by atoms with van der Waals surface area (Å²) in [5, 5.41) is 10.6. The van der Waals surface area contributed by atoms with Gasteiger partial charge in [0.2, 0.25) is 0 Å². The highest BCUT2D eigenvalue weighted by molar-refractivity contribution is 7.47. The maximum absolute atomic E-state index is 13.1. The van der Waals surface area contributed by atoms with E-state index >= 15 is 0 Å². The summed E-state index contributed by atoms with van der Waals surface area (Å²) >= 11 is 0. The molecule has 19 heteroatoms. The van der Waals surface area contributed by atoms with Crippen LogP contribution in [0, 0.1) is 5.92 Å². The van der Waals surface area contributed by atoms with Gasteiger partial charge in [0.1, 0.15) is 19.3 Å². The molecule has 0 aliphatic rings. The zero-order valence-corrected chi connectivity index (χ0v) is 68.5. The molecule has 0 bridgehead atoms. The Bertz CT molecular complexity index is 1950. The van der Waals surface area contributed by atoms with Crippen LogP contribution in [0.25, 0.3) is 0 Å². The number of carbonyl (C=O) groups is 4. The number of phosphoric ester groups is 2. The maximum Gasteiger partial charge on any atom is 0.472 e. The number of rotatable bonds is 83. The first-order valence-electron chi connectivity index (χ1n) is 43.2. The fourth-order valence-corrected chi connectivity index (χ4v) is 14.5. The van der Waals surface area contributed by atoms with Gasteiger partial charge in [-0.05, 0) is 31.6 Å². The van der Waals surface area contributed by atoms with Crippen molar-refractivity contribution in [3.8, 4) is 0 Å². The molecule has 0 amide bonds. The van der Waals surface area contributed by atoms with E-state index in [0.29, 0.717) is 25.7 Å². The molecule has 0 saturated carbocycles. The van der Waals surface area contributed by atoms with E-state index in [4.69, 9.17) is 37.0 Å². The van der Waals surface area contributed by atoms with Crippen molar-refractivity contribution in [3.05, 3.63) is 0 Å². The van der Waals surface area contributed by atoms with E-state index in [1.807, 2.05) is 0 Å². The Balaban J connectivity index is 5.15. The molecule has 0 spiro atoms. The van der Waals surface area contributed by atoms with Crippen molar-refractivity contribution in [1.29, 1.82) is 0 Å². The van der Waals surface area contributed by atoms with Crippen molar-refractivity contribution in [1.82, 2.24) is 0 Å². The van der Waals surface area contributed by atoms with Gasteiger partial charge < -0.3 is 33.8 Å². The zero-order valence-electron chi connectivity index (χ0n) is 66.8. The maximum atomic E-state index is 13.1. The molecule has 0 aromatic heterocycles. The van der Waals surface area contributed by atoms with E-state index < -0.39 is 97.5 Å². The Hall–Kier alpha value is -1.94. The van der Waals surface area contributed by atoms with Crippen LogP contribution in [0.2, 0.25) is 0 Å². The van der Waals surface area contributed by atoms with E-state index in [1.165, 1.54) is 257 Å². The minimum absolute atomic E-state index is 0.108. The van der Waals surface area contributed by atoms with Gasteiger partial charge in [-0.25, -0.2) is 9.13 Å². The van der Waals surface area contributed by atoms with Crippen LogP contribution in [0.15, 0.2) is 0 Å². The third-order valence-electron chi connectivity index (χ3n) is 19.9. The summed E-state index contributed by atoms with van der Waals surface area (Å²) in [6.45, 7) is 7.36. The lowest BCUT2D eigenvalue weighted by Crippen LogP contribution is -2.30. The summed E-state index contributed by atoms with van der Waals surface area (Å²) in [6.07, 6.45) is 68.2. The first-order chi connectivity index (χ1) is 49.6. The Morgan fingerprint density at radius 1 is 0.275 bits per heavy atom. The van der Waals surface area contributed by atoms with Gasteiger partial charge in [-0.2, -0.15) is 0 Å². The molecule has 0 aliphatic heterocycles. The lowest BCUT2D eigenvalue weighted by atomic mass is 9.99. The second-order valence-electron chi connectivity index (χ2n) is 30.1. The number of unbranched alkanes of at least 4 members (excludes halogenated alkanes) is 54. The van der Waals surface area contributed by atoms with E-state index in [9.17, 15) is 43.2 Å². The van der Waals surface area contributed by atoms with Crippen LogP contribution in [-0.4, -0.2) is 96.7 Å². The molecule has 606 valence electrons. The number of esters is 4. The molecule has 0 aromatic carbocycles. The Labute approximate surface area is 626 Å². The zero-order chi connectivity index (χ0) is 74.8. The normalized spacial score (nSPS) is 14.1. The minimum Gasteiger partial charge on any atom is -0.462 e. The van der Waals surface area contributed by atoms with Gasteiger partial charge >= 0.3 is 39.5 Å². The van der Waals surface area contributed by atoms with Crippen molar-refractivity contribution in [2.75, 3.05) is 39.6 Å². The summed E-state index contributed by atoms with van der Waals surface area (Å²) < 4.78 is 68.6. The number of hydrogen-bond donors (Lipinski definition) is 3. The summed E-state index contributed by atoms with van der Waals surface area (Å²) in [7, 11) is -9.91. The van der Waals surface area contributed by atoms with E-state index in [-0.39, 0.29) is 25.7 Å². The van der Waals surface area contributed by atoms with Crippen molar-refractivity contribution < 1.29 is 80.2 Å². The van der Waals surface area contributed by atoms with Crippen molar-refractivity contribution >= 4 is 39.5 Å². The summed E-state index contributed by atoms with van der Waals surface area (Å²) in [5.74, 6) is -1.24. The fraction of sp³-hybridized carbons (Fsp3) is 0.952. The number of hydrogen-bond acceptors (Lipinski definition) is 15. The molecule has 0 aliphatic carbocycles. The predicted molar refractivity (Wildman–Crippen MR) is 418 cm³/mol. The molecule has 17 nitrogen and oxygen atoms in total. The highest BCUT2D eigenvalue weighted by Crippen LogP contribution is 2.45. The van der Waals surface area contributed by atoms with E-state index in [0.717, 1.165) is 109 Å². The fourth-order valence-electron chi connectivity index (χ4n) is 12.9.